The first kappa shape index (κ1) is 14.8. The molecular formula is C21H16O2. The van der Waals surface area contributed by atoms with E-state index in [4.69, 9.17) is 4.74 Å². The van der Waals surface area contributed by atoms with Crippen molar-refractivity contribution in [1.29, 1.82) is 0 Å². The standard InChI is InChI=1S/C21H16O2/c1-16(17-8-4-2-5-9-17)21(22)18-12-14-20(15-13-18)23-19-10-6-3-7-11-19/h2-15H,1H2. The molecule has 0 aromatic heterocycles. The van der Waals surface area contributed by atoms with Crippen LogP contribution >= 0.6 is 0 Å². The van der Waals surface area contributed by atoms with Crippen LogP contribution in [0.25, 0.3) is 5.57 Å². The van der Waals surface area contributed by atoms with Crippen LogP contribution in [0.2, 0.25) is 0 Å². The van der Waals surface area contributed by atoms with Crippen molar-refractivity contribution in [3.8, 4) is 11.5 Å². The molecule has 0 amide bonds. The predicted molar refractivity (Wildman–Crippen MR) is 92.8 cm³/mol. The largest absolute Gasteiger partial charge is 0.457 e. The maximum absolute atomic E-state index is 12.5. The molecular weight excluding hydrogens is 284 g/mol. The quantitative estimate of drug-likeness (QED) is 0.467. The van der Waals surface area contributed by atoms with E-state index in [9.17, 15) is 4.79 Å². The zero-order valence-corrected chi connectivity index (χ0v) is 12.6. The molecule has 0 spiro atoms. The molecule has 2 nitrogen and oxygen atoms in total. The minimum absolute atomic E-state index is 0.0811. The van der Waals surface area contributed by atoms with E-state index in [1.165, 1.54) is 0 Å². The van der Waals surface area contributed by atoms with Gasteiger partial charge in [0.1, 0.15) is 11.5 Å². The SMILES string of the molecule is C=C(C(=O)c1ccc(Oc2ccccc2)cc1)c1ccccc1. The summed E-state index contributed by atoms with van der Waals surface area (Å²) in [6.07, 6.45) is 0. The minimum atomic E-state index is -0.0811. The lowest BCUT2D eigenvalue weighted by Gasteiger charge is -2.08. The maximum atomic E-state index is 12.5. The molecule has 0 atom stereocenters. The molecule has 0 saturated heterocycles. The number of allylic oxidation sites excluding steroid dienone is 1. The van der Waals surface area contributed by atoms with Crippen LogP contribution in [-0.2, 0) is 0 Å². The first-order valence-corrected chi connectivity index (χ1v) is 7.36. The number of carbonyl (C=O) groups excluding carboxylic acids is 1. The highest BCUT2D eigenvalue weighted by Crippen LogP contribution is 2.23. The molecule has 3 aromatic carbocycles. The van der Waals surface area contributed by atoms with Gasteiger partial charge in [0.2, 0.25) is 0 Å². The zero-order valence-electron chi connectivity index (χ0n) is 12.6. The lowest BCUT2D eigenvalue weighted by molar-refractivity contribution is 0.105. The first-order chi connectivity index (χ1) is 11.2. The Balaban J connectivity index is 1.74. The normalized spacial score (nSPS) is 10.1. The van der Waals surface area contributed by atoms with Gasteiger partial charge in [-0.25, -0.2) is 0 Å². The molecule has 0 bridgehead atoms. The molecule has 0 unspecified atom stereocenters. The number of rotatable bonds is 5. The first-order valence-electron chi connectivity index (χ1n) is 7.36. The Kier molecular flexibility index (Phi) is 4.34. The zero-order chi connectivity index (χ0) is 16.1. The van der Waals surface area contributed by atoms with E-state index in [2.05, 4.69) is 6.58 Å². The molecule has 0 aliphatic carbocycles. The molecule has 23 heavy (non-hydrogen) atoms. The summed E-state index contributed by atoms with van der Waals surface area (Å²) in [5, 5.41) is 0. The van der Waals surface area contributed by atoms with Gasteiger partial charge in [0, 0.05) is 11.1 Å². The number of hydrogen-bond donors (Lipinski definition) is 0. The molecule has 0 fully saturated rings. The molecule has 0 heterocycles. The van der Waals surface area contributed by atoms with Crippen LogP contribution in [-0.4, -0.2) is 5.78 Å². The third-order valence-electron chi connectivity index (χ3n) is 3.49. The second-order valence-electron chi connectivity index (χ2n) is 5.11. The summed E-state index contributed by atoms with van der Waals surface area (Å²) in [5.74, 6) is 1.38. The van der Waals surface area contributed by atoms with Crippen molar-refractivity contribution in [2.75, 3.05) is 0 Å². The lowest BCUT2D eigenvalue weighted by atomic mass is 9.98. The summed E-state index contributed by atoms with van der Waals surface area (Å²) in [6.45, 7) is 3.91. The maximum Gasteiger partial charge on any atom is 0.193 e. The Hall–Kier alpha value is -3.13. The summed E-state index contributed by atoms with van der Waals surface area (Å²) in [4.78, 5) is 12.5. The van der Waals surface area contributed by atoms with E-state index < -0.39 is 0 Å². The van der Waals surface area contributed by atoms with Crippen LogP contribution in [0, 0.1) is 0 Å². The highest BCUT2D eigenvalue weighted by atomic mass is 16.5. The Morgan fingerprint density at radius 2 is 1.17 bits per heavy atom. The Bertz CT molecular complexity index is 803. The van der Waals surface area contributed by atoms with Crippen molar-refractivity contribution in [2.24, 2.45) is 0 Å². The number of benzene rings is 3. The van der Waals surface area contributed by atoms with Crippen LogP contribution < -0.4 is 4.74 Å². The van der Waals surface area contributed by atoms with Crippen molar-refractivity contribution in [3.05, 3.63) is 103 Å². The highest BCUT2D eigenvalue weighted by molar-refractivity contribution is 6.28. The number of ketones is 1. The van der Waals surface area contributed by atoms with E-state index in [1.54, 1.807) is 24.3 Å². The average molecular weight is 300 g/mol. The topological polar surface area (TPSA) is 26.3 Å². The van der Waals surface area contributed by atoms with E-state index in [0.29, 0.717) is 16.9 Å². The van der Waals surface area contributed by atoms with Crippen LogP contribution in [0.4, 0.5) is 0 Å². The van der Waals surface area contributed by atoms with Crippen molar-refractivity contribution in [1.82, 2.24) is 0 Å². The van der Waals surface area contributed by atoms with E-state index in [-0.39, 0.29) is 5.78 Å². The summed E-state index contributed by atoms with van der Waals surface area (Å²) in [5.41, 5.74) is 1.92. The number of ether oxygens (including phenoxy) is 1. The van der Waals surface area contributed by atoms with Gasteiger partial charge in [-0.3, -0.25) is 4.79 Å². The van der Waals surface area contributed by atoms with Gasteiger partial charge in [-0.05, 0) is 42.0 Å². The summed E-state index contributed by atoms with van der Waals surface area (Å²) >= 11 is 0. The van der Waals surface area contributed by atoms with E-state index in [1.807, 2.05) is 60.7 Å². The third kappa shape index (κ3) is 3.55. The summed E-state index contributed by atoms with van der Waals surface area (Å²) in [7, 11) is 0. The van der Waals surface area contributed by atoms with Crippen molar-refractivity contribution in [2.45, 2.75) is 0 Å². The van der Waals surface area contributed by atoms with Gasteiger partial charge in [0.25, 0.3) is 0 Å². The van der Waals surface area contributed by atoms with E-state index in [0.717, 1.165) is 11.3 Å². The number of hydrogen-bond acceptors (Lipinski definition) is 2. The fourth-order valence-electron chi connectivity index (χ4n) is 2.24. The van der Waals surface area contributed by atoms with Gasteiger partial charge in [-0.2, -0.15) is 0 Å². The summed E-state index contributed by atoms with van der Waals surface area (Å²) < 4.78 is 5.72. The summed E-state index contributed by atoms with van der Waals surface area (Å²) in [6, 6.07) is 26.1. The van der Waals surface area contributed by atoms with Gasteiger partial charge in [0.15, 0.2) is 5.78 Å². The second kappa shape index (κ2) is 6.75. The van der Waals surface area contributed by atoms with Crippen molar-refractivity contribution >= 4 is 11.4 Å². The number of para-hydroxylation sites is 1. The van der Waals surface area contributed by atoms with Crippen LogP contribution in [0.15, 0.2) is 91.5 Å². The van der Waals surface area contributed by atoms with Crippen molar-refractivity contribution < 1.29 is 9.53 Å². The number of carbonyl (C=O) groups is 1. The Morgan fingerprint density at radius 3 is 1.78 bits per heavy atom. The molecule has 112 valence electrons. The molecule has 0 saturated carbocycles. The lowest BCUT2D eigenvalue weighted by Crippen LogP contribution is -2.01. The Morgan fingerprint density at radius 1 is 0.652 bits per heavy atom. The number of Topliss-reactive ketones (excluding diaryl/α,β-unsaturated/α-hetero) is 1. The van der Waals surface area contributed by atoms with Gasteiger partial charge in [-0.15, -0.1) is 0 Å². The molecule has 0 N–H and O–H groups in total. The molecule has 2 heteroatoms. The van der Waals surface area contributed by atoms with Gasteiger partial charge >= 0.3 is 0 Å². The van der Waals surface area contributed by atoms with Crippen molar-refractivity contribution in [3.63, 3.8) is 0 Å². The van der Waals surface area contributed by atoms with Gasteiger partial charge < -0.3 is 4.74 Å². The molecule has 0 aliphatic heterocycles. The van der Waals surface area contributed by atoms with Crippen LogP contribution in [0.1, 0.15) is 15.9 Å². The minimum Gasteiger partial charge on any atom is -0.457 e. The fraction of sp³-hybridized carbons (Fsp3) is 0. The van der Waals surface area contributed by atoms with E-state index >= 15 is 0 Å². The molecule has 0 aliphatic rings. The molecule has 0 radical (unpaired) electrons. The second-order valence-corrected chi connectivity index (χ2v) is 5.11. The van der Waals surface area contributed by atoms with Crippen LogP contribution in [0.3, 0.4) is 0 Å². The predicted octanol–water partition coefficient (Wildman–Crippen LogP) is 5.38. The smallest absolute Gasteiger partial charge is 0.193 e. The fourth-order valence-corrected chi connectivity index (χ4v) is 2.24. The molecule has 3 rings (SSSR count). The highest BCUT2D eigenvalue weighted by Gasteiger charge is 2.12. The van der Waals surface area contributed by atoms with Gasteiger partial charge in [0.05, 0.1) is 0 Å². The molecule has 3 aromatic rings. The van der Waals surface area contributed by atoms with Gasteiger partial charge in [-0.1, -0.05) is 55.1 Å². The monoisotopic (exact) mass is 300 g/mol. The van der Waals surface area contributed by atoms with Crippen LogP contribution in [0.5, 0.6) is 11.5 Å². The Labute approximate surface area is 135 Å². The average Bonchev–Trinajstić information content (AvgIpc) is 2.63. The third-order valence-corrected chi connectivity index (χ3v) is 3.49.